The van der Waals surface area contributed by atoms with Crippen LogP contribution in [0.15, 0.2) is 0 Å². The highest BCUT2D eigenvalue weighted by atomic mass is 32.2. The molecule has 0 aromatic heterocycles. The second-order valence-electron chi connectivity index (χ2n) is 3.53. The Labute approximate surface area is 97.4 Å². The number of thiocarbonyl (C=S) groups is 1. The van der Waals surface area contributed by atoms with Gasteiger partial charge in [0.2, 0.25) is 0 Å². The zero-order chi connectivity index (χ0) is 11.3. The molecule has 0 amide bonds. The molecule has 1 nitrogen and oxygen atoms in total. The molecule has 1 aliphatic heterocycles. The van der Waals surface area contributed by atoms with Crippen LogP contribution < -0.4 is 0 Å². The van der Waals surface area contributed by atoms with Crippen LogP contribution in [0.5, 0.6) is 0 Å². The van der Waals surface area contributed by atoms with E-state index < -0.39 is 12.6 Å². The number of likely N-dealkylation sites (tertiary alicyclic amines) is 1. The van der Waals surface area contributed by atoms with E-state index in [-0.39, 0.29) is 5.75 Å². The molecule has 0 saturated carbocycles. The Morgan fingerprint density at radius 3 is 2.33 bits per heavy atom. The molecular formula is C9H14F3NS2. The van der Waals surface area contributed by atoms with Gasteiger partial charge in [-0.05, 0) is 19.3 Å². The van der Waals surface area contributed by atoms with E-state index in [0.717, 1.165) is 37.7 Å². The minimum absolute atomic E-state index is 0.0405. The summed E-state index contributed by atoms with van der Waals surface area (Å²) in [5.41, 5.74) is 0. The highest BCUT2D eigenvalue weighted by Gasteiger charge is 2.27. The molecule has 6 heteroatoms. The van der Waals surface area contributed by atoms with E-state index in [1.165, 1.54) is 6.42 Å². The van der Waals surface area contributed by atoms with Crippen molar-refractivity contribution in [3.05, 3.63) is 0 Å². The fourth-order valence-corrected chi connectivity index (χ4v) is 2.73. The van der Waals surface area contributed by atoms with Crippen molar-refractivity contribution in [2.75, 3.05) is 18.8 Å². The fourth-order valence-electron chi connectivity index (χ4n) is 1.42. The van der Waals surface area contributed by atoms with Gasteiger partial charge in [-0.25, -0.2) is 0 Å². The lowest BCUT2D eigenvalue weighted by molar-refractivity contribution is -0.129. The van der Waals surface area contributed by atoms with Crippen molar-refractivity contribution in [2.45, 2.75) is 31.9 Å². The van der Waals surface area contributed by atoms with Gasteiger partial charge in [-0.3, -0.25) is 0 Å². The van der Waals surface area contributed by atoms with Gasteiger partial charge in [0.1, 0.15) is 4.32 Å². The van der Waals surface area contributed by atoms with Gasteiger partial charge < -0.3 is 4.90 Å². The molecule has 0 bridgehead atoms. The summed E-state index contributed by atoms with van der Waals surface area (Å²) >= 11 is 6.23. The molecule has 0 atom stereocenters. The first kappa shape index (κ1) is 13.1. The van der Waals surface area contributed by atoms with Gasteiger partial charge in [-0.15, -0.1) is 0 Å². The summed E-state index contributed by atoms with van der Waals surface area (Å²) in [6.07, 6.45) is -1.43. The highest BCUT2D eigenvalue weighted by molar-refractivity contribution is 8.22. The lowest BCUT2D eigenvalue weighted by atomic mass is 10.1. The molecule has 88 valence electrons. The molecular weight excluding hydrogens is 243 g/mol. The minimum atomic E-state index is -4.06. The number of piperidine rings is 1. The first-order chi connectivity index (χ1) is 6.99. The Morgan fingerprint density at radius 1 is 1.20 bits per heavy atom. The third-order valence-electron chi connectivity index (χ3n) is 2.23. The second-order valence-corrected chi connectivity index (χ2v) is 5.26. The molecule has 0 unspecified atom stereocenters. The average Bonchev–Trinajstić information content (AvgIpc) is 2.17. The predicted molar refractivity (Wildman–Crippen MR) is 61.2 cm³/mol. The monoisotopic (exact) mass is 257 g/mol. The Kier molecular flexibility index (Phi) is 5.18. The van der Waals surface area contributed by atoms with E-state index >= 15 is 0 Å². The maximum absolute atomic E-state index is 11.9. The van der Waals surface area contributed by atoms with E-state index in [1.807, 2.05) is 4.90 Å². The maximum atomic E-state index is 11.9. The highest BCUT2D eigenvalue weighted by Crippen LogP contribution is 2.24. The van der Waals surface area contributed by atoms with E-state index in [0.29, 0.717) is 4.32 Å². The molecule has 1 saturated heterocycles. The third kappa shape index (κ3) is 5.61. The standard InChI is InChI=1S/C9H14F3NS2/c10-9(11,12)4-7-15-8(14)13-5-2-1-3-6-13/h1-7H2. The van der Waals surface area contributed by atoms with Crippen LogP contribution in [0.4, 0.5) is 13.2 Å². The van der Waals surface area contributed by atoms with E-state index in [2.05, 4.69) is 0 Å². The summed E-state index contributed by atoms with van der Waals surface area (Å²) in [7, 11) is 0. The summed E-state index contributed by atoms with van der Waals surface area (Å²) in [6, 6.07) is 0. The van der Waals surface area contributed by atoms with Crippen molar-refractivity contribution in [3.63, 3.8) is 0 Å². The predicted octanol–water partition coefficient (Wildman–Crippen LogP) is 3.44. The summed E-state index contributed by atoms with van der Waals surface area (Å²) in [4.78, 5) is 2.01. The first-order valence-corrected chi connectivity index (χ1v) is 6.37. The molecule has 0 aliphatic carbocycles. The van der Waals surface area contributed by atoms with Crippen molar-refractivity contribution >= 4 is 28.3 Å². The van der Waals surface area contributed by atoms with Crippen LogP contribution in [0.2, 0.25) is 0 Å². The molecule has 0 radical (unpaired) electrons. The fraction of sp³-hybridized carbons (Fsp3) is 0.889. The second kappa shape index (κ2) is 5.94. The molecule has 0 spiro atoms. The Balaban J connectivity index is 2.17. The van der Waals surface area contributed by atoms with Crippen LogP contribution in [-0.4, -0.2) is 34.2 Å². The topological polar surface area (TPSA) is 3.24 Å². The van der Waals surface area contributed by atoms with Crippen molar-refractivity contribution < 1.29 is 13.2 Å². The molecule has 1 rings (SSSR count). The molecule has 1 heterocycles. The van der Waals surface area contributed by atoms with Crippen LogP contribution in [0.1, 0.15) is 25.7 Å². The summed E-state index contributed by atoms with van der Waals surface area (Å²) < 4.78 is 36.3. The van der Waals surface area contributed by atoms with Gasteiger partial charge >= 0.3 is 6.18 Å². The minimum Gasteiger partial charge on any atom is -0.358 e. The maximum Gasteiger partial charge on any atom is 0.389 e. The smallest absolute Gasteiger partial charge is 0.358 e. The molecule has 15 heavy (non-hydrogen) atoms. The number of hydrogen-bond donors (Lipinski definition) is 0. The van der Waals surface area contributed by atoms with Crippen LogP contribution in [0.25, 0.3) is 0 Å². The molecule has 0 aromatic rings. The summed E-state index contributed by atoms with van der Waals surface area (Å²) in [6.45, 7) is 1.80. The normalized spacial score (nSPS) is 17.9. The van der Waals surface area contributed by atoms with Gasteiger partial charge in [0.05, 0.1) is 6.42 Å². The molecule has 0 aromatic carbocycles. The lowest BCUT2D eigenvalue weighted by Gasteiger charge is -2.28. The van der Waals surface area contributed by atoms with Gasteiger partial charge in [-0.2, -0.15) is 13.2 Å². The molecule has 0 N–H and O–H groups in total. The van der Waals surface area contributed by atoms with E-state index in [4.69, 9.17) is 12.2 Å². The van der Waals surface area contributed by atoms with Crippen LogP contribution in [0.3, 0.4) is 0 Å². The van der Waals surface area contributed by atoms with Crippen LogP contribution >= 0.6 is 24.0 Å². The van der Waals surface area contributed by atoms with Gasteiger partial charge in [0.15, 0.2) is 0 Å². The lowest BCUT2D eigenvalue weighted by Crippen LogP contribution is -2.33. The zero-order valence-corrected chi connectivity index (χ0v) is 9.98. The van der Waals surface area contributed by atoms with Crippen molar-refractivity contribution in [1.82, 2.24) is 4.90 Å². The Hall–Kier alpha value is 0.0300. The SMILES string of the molecule is FC(F)(F)CCSC(=S)N1CCCCC1. The van der Waals surface area contributed by atoms with Crippen molar-refractivity contribution in [3.8, 4) is 0 Å². The molecule has 1 aliphatic rings. The first-order valence-electron chi connectivity index (χ1n) is 4.97. The van der Waals surface area contributed by atoms with Gasteiger partial charge in [0.25, 0.3) is 0 Å². The number of halogens is 3. The van der Waals surface area contributed by atoms with Crippen LogP contribution in [-0.2, 0) is 0 Å². The number of hydrogen-bond acceptors (Lipinski definition) is 2. The Bertz CT molecular complexity index is 212. The Morgan fingerprint density at radius 2 is 1.80 bits per heavy atom. The van der Waals surface area contributed by atoms with Crippen molar-refractivity contribution in [2.24, 2.45) is 0 Å². The summed E-state index contributed by atoms with van der Waals surface area (Å²) in [5.74, 6) is 0.0405. The van der Waals surface area contributed by atoms with E-state index in [1.54, 1.807) is 0 Å². The van der Waals surface area contributed by atoms with Gasteiger partial charge in [-0.1, -0.05) is 24.0 Å². The largest absolute Gasteiger partial charge is 0.389 e. The molecule has 1 fully saturated rings. The number of thioether (sulfide) groups is 1. The number of rotatable bonds is 2. The average molecular weight is 257 g/mol. The van der Waals surface area contributed by atoms with Gasteiger partial charge in [0, 0.05) is 18.8 Å². The number of nitrogens with zero attached hydrogens (tertiary/aromatic N) is 1. The van der Waals surface area contributed by atoms with Crippen molar-refractivity contribution in [1.29, 1.82) is 0 Å². The quantitative estimate of drug-likeness (QED) is 0.698. The van der Waals surface area contributed by atoms with E-state index in [9.17, 15) is 13.2 Å². The van der Waals surface area contributed by atoms with Crippen LogP contribution in [0, 0.1) is 0 Å². The number of alkyl halides is 3. The summed E-state index contributed by atoms with van der Waals surface area (Å²) in [5, 5.41) is 0. The zero-order valence-electron chi connectivity index (χ0n) is 8.35. The third-order valence-corrected chi connectivity index (χ3v) is 3.75.